The van der Waals surface area contributed by atoms with Gasteiger partial charge < -0.3 is 15.4 Å². The number of carbonyl (C=O) groups is 3. The van der Waals surface area contributed by atoms with Gasteiger partial charge in [-0.1, -0.05) is 0 Å². The quantitative estimate of drug-likeness (QED) is 0.778. The summed E-state index contributed by atoms with van der Waals surface area (Å²) >= 11 is 1.27. The van der Waals surface area contributed by atoms with E-state index in [0.29, 0.717) is 16.3 Å². The molecule has 2 aromatic rings. The van der Waals surface area contributed by atoms with E-state index < -0.39 is 23.8 Å². The average molecular weight is 378 g/mol. The van der Waals surface area contributed by atoms with Crippen LogP contribution in [0.3, 0.4) is 0 Å². The number of amides is 2. The summed E-state index contributed by atoms with van der Waals surface area (Å²) in [7, 11) is 0. The van der Waals surface area contributed by atoms with E-state index in [1.807, 2.05) is 6.92 Å². The van der Waals surface area contributed by atoms with Gasteiger partial charge in [0.2, 0.25) is 5.91 Å². The van der Waals surface area contributed by atoms with E-state index >= 15 is 0 Å². The predicted octanol–water partition coefficient (Wildman–Crippen LogP) is 3.65. The van der Waals surface area contributed by atoms with Crippen molar-refractivity contribution in [3.05, 3.63) is 46.1 Å². The second-order valence-electron chi connectivity index (χ2n) is 5.71. The standard InChI is InChI=1S/C18H19FN2O4S/c1-9-11(3)26-17(20-12(4)22)15(9)18(24)25-10(2)16(23)21-14-7-5-13(19)6-8-14/h5-8,10H,1-4H3,(H,20,22)(H,21,23)/t10-/m1/s1. The van der Waals surface area contributed by atoms with Crippen LogP contribution in [0.25, 0.3) is 0 Å². The van der Waals surface area contributed by atoms with E-state index in [-0.39, 0.29) is 11.5 Å². The number of halogens is 1. The maximum absolute atomic E-state index is 12.9. The Morgan fingerprint density at radius 1 is 1.12 bits per heavy atom. The van der Waals surface area contributed by atoms with Gasteiger partial charge in [0.15, 0.2) is 6.10 Å². The lowest BCUT2D eigenvalue weighted by molar-refractivity contribution is -0.123. The van der Waals surface area contributed by atoms with Crippen molar-refractivity contribution in [3.63, 3.8) is 0 Å². The SMILES string of the molecule is CC(=O)Nc1sc(C)c(C)c1C(=O)O[C@H](C)C(=O)Nc1ccc(F)cc1. The summed E-state index contributed by atoms with van der Waals surface area (Å²) in [5.74, 6) is -1.97. The predicted molar refractivity (Wildman–Crippen MR) is 98.0 cm³/mol. The van der Waals surface area contributed by atoms with E-state index in [2.05, 4.69) is 10.6 Å². The first-order valence-electron chi connectivity index (χ1n) is 7.84. The van der Waals surface area contributed by atoms with E-state index in [9.17, 15) is 18.8 Å². The van der Waals surface area contributed by atoms with Crippen LogP contribution in [0.4, 0.5) is 15.1 Å². The summed E-state index contributed by atoms with van der Waals surface area (Å²) in [6.07, 6.45) is -1.07. The van der Waals surface area contributed by atoms with Crippen molar-refractivity contribution in [1.29, 1.82) is 0 Å². The summed E-state index contributed by atoms with van der Waals surface area (Å²) in [6, 6.07) is 5.24. The number of carbonyl (C=O) groups excluding carboxylic acids is 3. The molecule has 0 bridgehead atoms. The van der Waals surface area contributed by atoms with Gasteiger partial charge in [-0.2, -0.15) is 0 Å². The number of rotatable bonds is 5. The first kappa shape index (κ1) is 19.6. The maximum atomic E-state index is 12.9. The van der Waals surface area contributed by atoms with Gasteiger partial charge in [-0.05, 0) is 50.6 Å². The zero-order chi connectivity index (χ0) is 19.4. The van der Waals surface area contributed by atoms with Crippen molar-refractivity contribution in [3.8, 4) is 0 Å². The van der Waals surface area contributed by atoms with Crippen molar-refractivity contribution in [1.82, 2.24) is 0 Å². The fourth-order valence-corrected chi connectivity index (χ4v) is 3.27. The van der Waals surface area contributed by atoms with E-state index in [1.54, 1.807) is 6.92 Å². The van der Waals surface area contributed by atoms with Gasteiger partial charge in [0.05, 0.1) is 5.56 Å². The Bertz CT molecular complexity index is 846. The molecule has 0 unspecified atom stereocenters. The third kappa shape index (κ3) is 4.66. The third-order valence-corrected chi connectivity index (χ3v) is 4.77. The topological polar surface area (TPSA) is 84.5 Å². The van der Waals surface area contributed by atoms with Crippen LogP contribution in [0.5, 0.6) is 0 Å². The Kier molecular flexibility index (Phi) is 6.10. The molecule has 2 amide bonds. The molecule has 0 spiro atoms. The molecule has 6 nitrogen and oxygen atoms in total. The van der Waals surface area contributed by atoms with Crippen LogP contribution >= 0.6 is 11.3 Å². The number of thiophene rings is 1. The molecule has 0 aliphatic rings. The highest BCUT2D eigenvalue weighted by atomic mass is 32.1. The van der Waals surface area contributed by atoms with Crippen LogP contribution in [-0.4, -0.2) is 23.9 Å². The van der Waals surface area contributed by atoms with Gasteiger partial charge in [-0.15, -0.1) is 11.3 Å². The minimum atomic E-state index is -1.07. The van der Waals surface area contributed by atoms with E-state index in [0.717, 1.165) is 4.88 Å². The van der Waals surface area contributed by atoms with Crippen LogP contribution in [0.15, 0.2) is 24.3 Å². The number of hydrogen-bond donors (Lipinski definition) is 2. The molecule has 2 rings (SSSR count). The highest BCUT2D eigenvalue weighted by molar-refractivity contribution is 7.16. The Labute approximate surface area is 154 Å². The van der Waals surface area contributed by atoms with Crippen molar-refractivity contribution in [2.45, 2.75) is 33.8 Å². The Balaban J connectivity index is 2.10. The number of benzene rings is 1. The van der Waals surface area contributed by atoms with Crippen LogP contribution in [0.2, 0.25) is 0 Å². The van der Waals surface area contributed by atoms with Crippen LogP contribution in [-0.2, 0) is 14.3 Å². The van der Waals surface area contributed by atoms with Crippen molar-refractivity contribution < 1.29 is 23.5 Å². The lowest BCUT2D eigenvalue weighted by Gasteiger charge is -2.14. The molecule has 2 N–H and O–H groups in total. The molecule has 0 fully saturated rings. The van der Waals surface area contributed by atoms with Gasteiger partial charge in [0, 0.05) is 17.5 Å². The van der Waals surface area contributed by atoms with E-state index in [4.69, 9.17) is 4.74 Å². The lowest BCUT2D eigenvalue weighted by Crippen LogP contribution is -2.30. The number of aryl methyl sites for hydroxylation is 1. The Hall–Kier alpha value is -2.74. The molecule has 138 valence electrons. The van der Waals surface area contributed by atoms with Crippen LogP contribution < -0.4 is 10.6 Å². The van der Waals surface area contributed by atoms with Gasteiger partial charge in [0.1, 0.15) is 10.8 Å². The molecule has 8 heteroatoms. The smallest absolute Gasteiger partial charge is 0.342 e. The fraction of sp³-hybridized carbons (Fsp3) is 0.278. The molecule has 1 heterocycles. The number of nitrogens with one attached hydrogen (secondary N) is 2. The molecule has 0 radical (unpaired) electrons. The van der Waals surface area contributed by atoms with Gasteiger partial charge in [-0.25, -0.2) is 9.18 Å². The lowest BCUT2D eigenvalue weighted by atomic mass is 10.1. The molecular formula is C18H19FN2O4S. The van der Waals surface area contributed by atoms with Gasteiger partial charge in [0.25, 0.3) is 5.91 Å². The Morgan fingerprint density at radius 2 is 1.73 bits per heavy atom. The van der Waals surface area contributed by atoms with Crippen molar-refractivity contribution in [2.75, 3.05) is 10.6 Å². The largest absolute Gasteiger partial charge is 0.449 e. The first-order valence-corrected chi connectivity index (χ1v) is 8.65. The summed E-state index contributed by atoms with van der Waals surface area (Å²) in [4.78, 5) is 36.8. The number of hydrogen-bond acceptors (Lipinski definition) is 5. The molecule has 1 aromatic carbocycles. The minimum Gasteiger partial charge on any atom is -0.449 e. The number of anilines is 2. The molecule has 1 atom stereocenters. The second kappa shape index (κ2) is 8.09. The van der Waals surface area contributed by atoms with Crippen molar-refractivity contribution >= 4 is 39.8 Å². The minimum absolute atomic E-state index is 0.240. The summed E-state index contributed by atoms with van der Waals surface area (Å²) in [5.41, 5.74) is 1.32. The zero-order valence-corrected chi connectivity index (χ0v) is 15.6. The normalized spacial score (nSPS) is 11.6. The highest BCUT2D eigenvalue weighted by Crippen LogP contribution is 2.33. The monoisotopic (exact) mass is 378 g/mol. The first-order chi connectivity index (χ1) is 12.2. The summed E-state index contributed by atoms with van der Waals surface area (Å²) < 4.78 is 18.1. The number of esters is 1. The van der Waals surface area contributed by atoms with Gasteiger partial charge >= 0.3 is 5.97 Å². The second-order valence-corrected chi connectivity index (χ2v) is 6.94. The molecule has 0 aliphatic carbocycles. The average Bonchev–Trinajstić information content (AvgIpc) is 2.82. The zero-order valence-electron chi connectivity index (χ0n) is 14.8. The molecule has 0 saturated carbocycles. The summed E-state index contributed by atoms with van der Waals surface area (Å²) in [5, 5.41) is 5.54. The maximum Gasteiger partial charge on any atom is 0.342 e. The molecule has 0 aliphatic heterocycles. The third-order valence-electron chi connectivity index (χ3n) is 3.64. The van der Waals surface area contributed by atoms with Crippen LogP contribution in [0.1, 0.15) is 34.6 Å². The highest BCUT2D eigenvalue weighted by Gasteiger charge is 2.25. The van der Waals surface area contributed by atoms with Crippen molar-refractivity contribution in [2.24, 2.45) is 0 Å². The molecular weight excluding hydrogens is 359 g/mol. The Morgan fingerprint density at radius 3 is 2.31 bits per heavy atom. The molecule has 0 saturated heterocycles. The molecule has 1 aromatic heterocycles. The molecule has 26 heavy (non-hydrogen) atoms. The number of ether oxygens (including phenoxy) is 1. The van der Waals surface area contributed by atoms with E-state index in [1.165, 1.54) is 49.4 Å². The summed E-state index contributed by atoms with van der Waals surface area (Å²) in [6.45, 7) is 6.35. The van der Waals surface area contributed by atoms with Gasteiger partial charge in [-0.3, -0.25) is 9.59 Å². The fourth-order valence-electron chi connectivity index (χ4n) is 2.17. The van der Waals surface area contributed by atoms with Crippen LogP contribution in [0, 0.1) is 19.7 Å².